The van der Waals surface area contributed by atoms with Crippen molar-refractivity contribution in [3.8, 4) is 0 Å². The van der Waals surface area contributed by atoms with Crippen LogP contribution in [0.2, 0.25) is 12.1 Å². The molecule has 0 unspecified atom stereocenters. The standard InChI is InChI=1S/C12H31NO6Si2.H3N/c1-14-20(15-2,16-3)11-7-9-13-10-8-12-21(17-4,18-5)19-6;/h13H,7-12H2,1-6H3;1H3. The molecule has 136 valence electrons. The van der Waals surface area contributed by atoms with Gasteiger partial charge in [0.2, 0.25) is 0 Å². The maximum absolute atomic E-state index is 5.37. The van der Waals surface area contributed by atoms with Crippen molar-refractivity contribution in [3.63, 3.8) is 0 Å². The minimum atomic E-state index is -2.43. The van der Waals surface area contributed by atoms with Gasteiger partial charge in [0, 0.05) is 54.7 Å². The molecule has 0 atom stereocenters. The van der Waals surface area contributed by atoms with Gasteiger partial charge in [-0.15, -0.1) is 0 Å². The quantitative estimate of drug-likeness (QED) is 0.353. The molecule has 0 rings (SSSR count). The predicted molar refractivity (Wildman–Crippen MR) is 90.3 cm³/mol. The summed E-state index contributed by atoms with van der Waals surface area (Å²) in [6.07, 6.45) is 1.90. The van der Waals surface area contributed by atoms with Crippen LogP contribution < -0.4 is 11.5 Å². The van der Waals surface area contributed by atoms with Crippen molar-refractivity contribution in [1.29, 1.82) is 0 Å². The maximum atomic E-state index is 5.37. The van der Waals surface area contributed by atoms with Crippen molar-refractivity contribution >= 4 is 17.6 Å². The Morgan fingerprint density at radius 3 is 1.09 bits per heavy atom. The van der Waals surface area contributed by atoms with E-state index in [9.17, 15) is 0 Å². The number of nitrogens with one attached hydrogen (secondary N) is 1. The first-order valence-corrected chi connectivity index (χ1v) is 11.0. The molecule has 4 N–H and O–H groups in total. The second-order valence-electron chi connectivity index (χ2n) is 4.55. The van der Waals surface area contributed by atoms with Crippen LogP contribution in [-0.4, -0.2) is 73.4 Å². The Morgan fingerprint density at radius 1 is 0.591 bits per heavy atom. The molecule has 0 fully saturated rings. The van der Waals surface area contributed by atoms with Gasteiger partial charge in [0.1, 0.15) is 0 Å². The van der Waals surface area contributed by atoms with Gasteiger partial charge in [0.15, 0.2) is 0 Å². The van der Waals surface area contributed by atoms with Gasteiger partial charge in [-0.25, -0.2) is 0 Å². The van der Waals surface area contributed by atoms with Crippen LogP contribution in [-0.2, 0) is 26.6 Å². The average molecular weight is 359 g/mol. The van der Waals surface area contributed by atoms with E-state index in [4.69, 9.17) is 26.6 Å². The molecule has 0 saturated heterocycles. The highest BCUT2D eigenvalue weighted by Gasteiger charge is 2.37. The van der Waals surface area contributed by atoms with Crippen molar-refractivity contribution in [3.05, 3.63) is 0 Å². The zero-order valence-corrected chi connectivity index (χ0v) is 16.9. The van der Waals surface area contributed by atoms with Crippen molar-refractivity contribution in [2.45, 2.75) is 24.9 Å². The lowest BCUT2D eigenvalue weighted by molar-refractivity contribution is 0.123. The molecule has 0 aromatic carbocycles. The van der Waals surface area contributed by atoms with Crippen LogP contribution in [0.3, 0.4) is 0 Å². The lowest BCUT2D eigenvalue weighted by atomic mass is 10.4. The summed E-state index contributed by atoms with van der Waals surface area (Å²) >= 11 is 0. The van der Waals surface area contributed by atoms with Crippen molar-refractivity contribution < 1.29 is 26.6 Å². The molecule has 22 heavy (non-hydrogen) atoms. The monoisotopic (exact) mass is 358 g/mol. The van der Waals surface area contributed by atoms with Crippen LogP contribution in [0, 0.1) is 0 Å². The molecule has 0 bridgehead atoms. The molecule has 0 aliphatic rings. The van der Waals surface area contributed by atoms with Crippen LogP contribution in [0.25, 0.3) is 0 Å². The Bertz CT molecular complexity index is 215. The van der Waals surface area contributed by atoms with Crippen LogP contribution >= 0.6 is 0 Å². The van der Waals surface area contributed by atoms with E-state index < -0.39 is 17.6 Å². The summed E-state index contributed by atoms with van der Waals surface area (Å²) in [6, 6.07) is 1.60. The Labute approximate surface area is 137 Å². The molecule has 0 saturated carbocycles. The Kier molecular flexibility index (Phi) is 15.0. The summed E-state index contributed by atoms with van der Waals surface area (Å²) < 4.78 is 32.2. The van der Waals surface area contributed by atoms with E-state index in [1.54, 1.807) is 42.7 Å². The van der Waals surface area contributed by atoms with E-state index >= 15 is 0 Å². The molecular weight excluding hydrogens is 324 g/mol. The molecule has 0 aliphatic heterocycles. The van der Waals surface area contributed by atoms with Gasteiger partial charge in [0.25, 0.3) is 0 Å². The zero-order valence-electron chi connectivity index (χ0n) is 14.9. The molecule has 0 amide bonds. The number of hydrogen-bond donors (Lipinski definition) is 2. The second-order valence-corrected chi connectivity index (χ2v) is 10.7. The van der Waals surface area contributed by atoms with E-state index in [0.717, 1.165) is 38.0 Å². The largest absolute Gasteiger partial charge is 0.500 e. The summed E-state index contributed by atoms with van der Waals surface area (Å²) in [6.45, 7) is 1.79. The summed E-state index contributed by atoms with van der Waals surface area (Å²) in [5.74, 6) is 0. The Balaban J connectivity index is 0. The van der Waals surface area contributed by atoms with E-state index in [1.807, 2.05) is 0 Å². The summed E-state index contributed by atoms with van der Waals surface area (Å²) in [5, 5.41) is 3.39. The van der Waals surface area contributed by atoms with E-state index in [-0.39, 0.29) is 6.15 Å². The minimum absolute atomic E-state index is 0. The van der Waals surface area contributed by atoms with Gasteiger partial charge in [-0.1, -0.05) is 0 Å². The third-order valence-electron chi connectivity index (χ3n) is 3.54. The zero-order chi connectivity index (χ0) is 16.2. The molecule has 10 heteroatoms. The first kappa shape index (κ1) is 24.4. The molecule has 0 heterocycles. The lowest BCUT2D eigenvalue weighted by Gasteiger charge is -2.25. The van der Waals surface area contributed by atoms with Gasteiger partial charge in [-0.05, 0) is 25.9 Å². The van der Waals surface area contributed by atoms with Gasteiger partial charge in [0.05, 0.1) is 0 Å². The van der Waals surface area contributed by atoms with Crippen molar-refractivity contribution in [2.75, 3.05) is 55.7 Å². The highest BCUT2D eigenvalue weighted by Crippen LogP contribution is 2.15. The fourth-order valence-electron chi connectivity index (χ4n) is 2.10. The minimum Gasteiger partial charge on any atom is -0.377 e. The van der Waals surface area contributed by atoms with Crippen LogP contribution in [0.1, 0.15) is 12.8 Å². The third kappa shape index (κ3) is 8.10. The van der Waals surface area contributed by atoms with Crippen molar-refractivity contribution in [1.82, 2.24) is 11.5 Å². The van der Waals surface area contributed by atoms with E-state index in [1.165, 1.54) is 0 Å². The first-order chi connectivity index (χ1) is 10.1. The number of rotatable bonds is 14. The molecular formula is C12H34N2O6Si2. The Morgan fingerprint density at radius 2 is 0.864 bits per heavy atom. The first-order valence-electron chi connectivity index (χ1n) is 7.09. The predicted octanol–water partition coefficient (Wildman–Crippen LogP) is 1.27. The molecule has 0 aliphatic carbocycles. The second kappa shape index (κ2) is 13.5. The molecule has 0 aromatic rings. The average Bonchev–Trinajstić information content (AvgIpc) is 2.55. The number of hydrogen-bond acceptors (Lipinski definition) is 8. The normalized spacial score (nSPS) is 12.3. The SMILES string of the molecule is CO[Si](CCCNCCC[Si](OC)(OC)OC)(OC)OC.N. The fourth-order valence-corrected chi connectivity index (χ4v) is 5.54. The smallest absolute Gasteiger partial charge is 0.377 e. The van der Waals surface area contributed by atoms with Crippen molar-refractivity contribution in [2.24, 2.45) is 0 Å². The van der Waals surface area contributed by atoms with Crippen LogP contribution in [0.4, 0.5) is 0 Å². The topological polar surface area (TPSA) is 102 Å². The van der Waals surface area contributed by atoms with Crippen LogP contribution in [0.5, 0.6) is 0 Å². The highest BCUT2D eigenvalue weighted by molar-refractivity contribution is 6.60. The van der Waals surface area contributed by atoms with Gasteiger partial charge < -0.3 is 38.0 Å². The van der Waals surface area contributed by atoms with Crippen LogP contribution in [0.15, 0.2) is 0 Å². The lowest BCUT2D eigenvalue weighted by Crippen LogP contribution is -2.43. The fraction of sp³-hybridized carbons (Fsp3) is 1.00. The summed E-state index contributed by atoms with van der Waals surface area (Å²) in [4.78, 5) is 0. The Hall–Kier alpha value is 0.114. The molecule has 0 spiro atoms. The van der Waals surface area contributed by atoms with Gasteiger partial charge >= 0.3 is 17.6 Å². The van der Waals surface area contributed by atoms with E-state index in [2.05, 4.69) is 5.32 Å². The highest BCUT2D eigenvalue weighted by atomic mass is 28.4. The molecule has 0 aromatic heterocycles. The molecule has 0 radical (unpaired) electrons. The summed E-state index contributed by atoms with van der Waals surface area (Å²) in [7, 11) is 4.96. The van der Waals surface area contributed by atoms with Gasteiger partial charge in [-0.3, -0.25) is 0 Å². The molecule has 8 nitrogen and oxygen atoms in total. The van der Waals surface area contributed by atoms with Gasteiger partial charge in [-0.2, -0.15) is 0 Å². The van der Waals surface area contributed by atoms with E-state index in [0.29, 0.717) is 0 Å². The third-order valence-corrected chi connectivity index (χ3v) is 9.20. The summed E-state index contributed by atoms with van der Waals surface area (Å²) in [5.41, 5.74) is 0. The maximum Gasteiger partial charge on any atom is 0.500 e.